The Balaban J connectivity index is 1.81. The van der Waals surface area contributed by atoms with Crippen molar-refractivity contribution in [3.05, 3.63) is 48.4 Å². The van der Waals surface area contributed by atoms with Gasteiger partial charge in [-0.2, -0.15) is 0 Å². The average molecular weight is 327 g/mol. The lowest BCUT2D eigenvalue weighted by Crippen LogP contribution is -2.60. The molecule has 3 rings (SSSR count). The lowest BCUT2D eigenvalue weighted by Gasteiger charge is -2.42. The first-order chi connectivity index (χ1) is 11.4. The van der Waals surface area contributed by atoms with Gasteiger partial charge in [-0.1, -0.05) is 12.1 Å². The van der Waals surface area contributed by atoms with Gasteiger partial charge in [0.15, 0.2) is 0 Å². The van der Waals surface area contributed by atoms with Crippen LogP contribution in [0.5, 0.6) is 0 Å². The molecule has 0 saturated carbocycles. The van der Waals surface area contributed by atoms with E-state index < -0.39 is 5.54 Å². The molecule has 6 heteroatoms. The predicted octanol–water partition coefficient (Wildman–Crippen LogP) is 2.69. The molecule has 1 aliphatic heterocycles. The minimum absolute atomic E-state index is 0.0964. The second-order valence-electron chi connectivity index (χ2n) is 6.38. The van der Waals surface area contributed by atoms with Gasteiger partial charge in [0.1, 0.15) is 11.3 Å². The minimum atomic E-state index is -0.957. The van der Waals surface area contributed by atoms with Crippen molar-refractivity contribution in [1.29, 1.82) is 0 Å². The molecule has 1 aromatic heterocycles. The molecule has 0 aliphatic carbocycles. The number of para-hydroxylation sites is 2. The standard InChI is InChI=1S/C18H21N3O3/c1-12(15-9-6-10-24-15)19-11-16(22)21-14-8-5-4-7-13(14)20-17(23)18(21,2)3/h4-10,12,19H,11H2,1-3H3,(H,20,23)/t12-/m0/s1. The third-order valence-corrected chi connectivity index (χ3v) is 4.29. The summed E-state index contributed by atoms with van der Waals surface area (Å²) in [5.74, 6) is 0.396. The Morgan fingerprint density at radius 2 is 2.04 bits per heavy atom. The Labute approximate surface area is 140 Å². The highest BCUT2D eigenvalue weighted by Crippen LogP contribution is 2.36. The number of hydrogen-bond donors (Lipinski definition) is 2. The van der Waals surface area contributed by atoms with Crippen molar-refractivity contribution >= 4 is 23.2 Å². The highest BCUT2D eigenvalue weighted by molar-refractivity contribution is 6.14. The van der Waals surface area contributed by atoms with Crippen LogP contribution < -0.4 is 15.5 Å². The monoisotopic (exact) mass is 327 g/mol. The maximum absolute atomic E-state index is 12.8. The van der Waals surface area contributed by atoms with Gasteiger partial charge in [-0.15, -0.1) is 0 Å². The van der Waals surface area contributed by atoms with E-state index in [0.717, 1.165) is 5.76 Å². The molecule has 126 valence electrons. The Morgan fingerprint density at radius 1 is 1.29 bits per heavy atom. The molecule has 2 aromatic rings. The summed E-state index contributed by atoms with van der Waals surface area (Å²) < 4.78 is 5.34. The van der Waals surface area contributed by atoms with Crippen LogP contribution in [-0.2, 0) is 9.59 Å². The van der Waals surface area contributed by atoms with Gasteiger partial charge in [-0.25, -0.2) is 0 Å². The van der Waals surface area contributed by atoms with E-state index >= 15 is 0 Å². The summed E-state index contributed by atoms with van der Waals surface area (Å²) in [6, 6.07) is 10.9. The number of nitrogens with zero attached hydrogens (tertiary/aromatic N) is 1. The molecule has 2 heterocycles. The summed E-state index contributed by atoms with van der Waals surface area (Å²) in [5, 5.41) is 6.00. The van der Waals surface area contributed by atoms with Crippen molar-refractivity contribution in [3.63, 3.8) is 0 Å². The van der Waals surface area contributed by atoms with E-state index in [2.05, 4.69) is 10.6 Å². The third kappa shape index (κ3) is 2.80. The molecule has 1 atom stereocenters. The Hall–Kier alpha value is -2.60. The van der Waals surface area contributed by atoms with Gasteiger partial charge in [0, 0.05) is 0 Å². The van der Waals surface area contributed by atoms with Crippen LogP contribution in [0.25, 0.3) is 0 Å². The van der Waals surface area contributed by atoms with E-state index in [1.165, 1.54) is 0 Å². The van der Waals surface area contributed by atoms with Crippen LogP contribution in [0.1, 0.15) is 32.6 Å². The molecule has 0 unspecified atom stereocenters. The number of anilines is 2. The molecule has 24 heavy (non-hydrogen) atoms. The zero-order valence-electron chi connectivity index (χ0n) is 14.0. The van der Waals surface area contributed by atoms with Gasteiger partial charge in [0.25, 0.3) is 0 Å². The largest absolute Gasteiger partial charge is 0.468 e. The van der Waals surface area contributed by atoms with E-state index in [4.69, 9.17) is 4.42 Å². The topological polar surface area (TPSA) is 74.6 Å². The number of amides is 2. The first-order valence-corrected chi connectivity index (χ1v) is 7.91. The highest BCUT2D eigenvalue weighted by atomic mass is 16.3. The summed E-state index contributed by atoms with van der Waals surface area (Å²) in [7, 11) is 0. The normalized spacial score (nSPS) is 17.1. The van der Waals surface area contributed by atoms with Crippen LogP contribution in [0.4, 0.5) is 11.4 Å². The van der Waals surface area contributed by atoms with Crippen molar-refractivity contribution in [2.45, 2.75) is 32.4 Å². The van der Waals surface area contributed by atoms with Gasteiger partial charge >= 0.3 is 0 Å². The van der Waals surface area contributed by atoms with Crippen LogP contribution in [-0.4, -0.2) is 23.9 Å². The van der Waals surface area contributed by atoms with Crippen LogP contribution in [0, 0.1) is 0 Å². The molecular weight excluding hydrogens is 306 g/mol. The average Bonchev–Trinajstić information content (AvgIpc) is 3.08. The molecule has 0 saturated heterocycles. The van der Waals surface area contributed by atoms with E-state index in [0.29, 0.717) is 11.4 Å². The molecule has 0 spiro atoms. The summed E-state index contributed by atoms with van der Waals surface area (Å²) in [6.07, 6.45) is 1.60. The summed E-state index contributed by atoms with van der Waals surface area (Å²) in [5.41, 5.74) is 0.398. The Kier molecular flexibility index (Phi) is 4.15. The molecule has 1 aliphatic rings. The molecular formula is C18H21N3O3. The fourth-order valence-electron chi connectivity index (χ4n) is 2.86. The van der Waals surface area contributed by atoms with E-state index in [1.807, 2.05) is 37.3 Å². The van der Waals surface area contributed by atoms with Crippen molar-refractivity contribution < 1.29 is 14.0 Å². The van der Waals surface area contributed by atoms with Crippen LogP contribution in [0.3, 0.4) is 0 Å². The zero-order valence-corrected chi connectivity index (χ0v) is 14.0. The lowest BCUT2D eigenvalue weighted by atomic mass is 9.96. The van der Waals surface area contributed by atoms with Crippen molar-refractivity contribution in [2.75, 3.05) is 16.8 Å². The molecule has 2 N–H and O–H groups in total. The fraction of sp³-hybridized carbons (Fsp3) is 0.333. The van der Waals surface area contributed by atoms with Crippen molar-refractivity contribution in [3.8, 4) is 0 Å². The third-order valence-electron chi connectivity index (χ3n) is 4.29. The first kappa shape index (κ1) is 16.3. The molecule has 6 nitrogen and oxygen atoms in total. The van der Waals surface area contributed by atoms with Gasteiger partial charge in [-0.05, 0) is 45.0 Å². The number of carbonyl (C=O) groups is 2. The van der Waals surface area contributed by atoms with Crippen molar-refractivity contribution in [1.82, 2.24) is 5.32 Å². The van der Waals surface area contributed by atoms with E-state index in [9.17, 15) is 9.59 Å². The van der Waals surface area contributed by atoms with Gasteiger partial charge in [0.05, 0.1) is 30.2 Å². The second-order valence-corrected chi connectivity index (χ2v) is 6.38. The zero-order chi connectivity index (χ0) is 17.3. The maximum Gasteiger partial charge on any atom is 0.250 e. The number of fused-ring (bicyclic) bond motifs is 1. The van der Waals surface area contributed by atoms with Gasteiger partial charge in [0.2, 0.25) is 11.8 Å². The smallest absolute Gasteiger partial charge is 0.250 e. The quantitative estimate of drug-likeness (QED) is 0.905. The van der Waals surface area contributed by atoms with Crippen LogP contribution >= 0.6 is 0 Å². The van der Waals surface area contributed by atoms with Crippen LogP contribution in [0.15, 0.2) is 47.1 Å². The summed E-state index contributed by atoms with van der Waals surface area (Å²) >= 11 is 0. The van der Waals surface area contributed by atoms with Gasteiger partial charge < -0.3 is 9.73 Å². The number of benzene rings is 1. The predicted molar refractivity (Wildman–Crippen MR) is 91.8 cm³/mol. The molecule has 0 fully saturated rings. The molecule has 0 bridgehead atoms. The second kappa shape index (κ2) is 6.13. The van der Waals surface area contributed by atoms with Crippen molar-refractivity contribution in [2.24, 2.45) is 0 Å². The molecule has 1 aromatic carbocycles. The highest BCUT2D eigenvalue weighted by Gasteiger charge is 2.43. The Bertz CT molecular complexity index is 753. The maximum atomic E-state index is 12.8. The van der Waals surface area contributed by atoms with E-state index in [1.54, 1.807) is 31.1 Å². The Morgan fingerprint density at radius 3 is 2.75 bits per heavy atom. The van der Waals surface area contributed by atoms with Gasteiger partial charge in [-0.3, -0.25) is 19.8 Å². The number of nitrogens with one attached hydrogen (secondary N) is 2. The number of rotatable bonds is 4. The number of carbonyl (C=O) groups excluding carboxylic acids is 2. The minimum Gasteiger partial charge on any atom is -0.468 e. The van der Waals surface area contributed by atoms with E-state index in [-0.39, 0.29) is 24.4 Å². The SMILES string of the molecule is C[C@H](NCC(=O)N1c2ccccc2NC(=O)C1(C)C)c1ccco1. The fourth-order valence-corrected chi connectivity index (χ4v) is 2.86. The number of furan rings is 1. The first-order valence-electron chi connectivity index (χ1n) is 7.91. The lowest BCUT2D eigenvalue weighted by molar-refractivity contribution is -0.126. The summed E-state index contributed by atoms with van der Waals surface area (Å²) in [4.78, 5) is 26.8. The van der Waals surface area contributed by atoms with Crippen LogP contribution in [0.2, 0.25) is 0 Å². The molecule has 0 radical (unpaired) electrons. The molecule has 2 amide bonds. The number of hydrogen-bond acceptors (Lipinski definition) is 4. The summed E-state index contributed by atoms with van der Waals surface area (Å²) in [6.45, 7) is 5.51.